The molecule has 1 aromatic rings. The zero-order valence-corrected chi connectivity index (χ0v) is 12.2. The van der Waals surface area contributed by atoms with Crippen molar-refractivity contribution in [3.63, 3.8) is 0 Å². The molecule has 2 heterocycles. The van der Waals surface area contributed by atoms with Gasteiger partial charge in [0.25, 0.3) is 0 Å². The van der Waals surface area contributed by atoms with Crippen molar-refractivity contribution in [1.82, 2.24) is 14.3 Å². The minimum atomic E-state index is -0.722. The van der Waals surface area contributed by atoms with Crippen LogP contribution in [0.4, 0.5) is 5.13 Å². The van der Waals surface area contributed by atoms with Gasteiger partial charge in [0.15, 0.2) is 0 Å². The fourth-order valence-electron chi connectivity index (χ4n) is 2.33. The summed E-state index contributed by atoms with van der Waals surface area (Å²) in [6.45, 7) is 7.15. The van der Waals surface area contributed by atoms with E-state index in [2.05, 4.69) is 14.3 Å². The molecule has 19 heavy (non-hydrogen) atoms. The van der Waals surface area contributed by atoms with Crippen LogP contribution in [0.25, 0.3) is 0 Å². The third-order valence-electron chi connectivity index (χ3n) is 3.47. The van der Waals surface area contributed by atoms with E-state index in [9.17, 15) is 4.79 Å². The van der Waals surface area contributed by atoms with Crippen molar-refractivity contribution < 1.29 is 9.90 Å². The van der Waals surface area contributed by atoms with Crippen LogP contribution in [0.2, 0.25) is 0 Å². The van der Waals surface area contributed by atoms with Gasteiger partial charge in [-0.3, -0.25) is 9.69 Å². The fraction of sp³-hybridized carbons (Fsp3) is 0.750. The van der Waals surface area contributed by atoms with Gasteiger partial charge >= 0.3 is 5.97 Å². The Morgan fingerprint density at radius 1 is 1.37 bits per heavy atom. The summed E-state index contributed by atoms with van der Waals surface area (Å²) >= 11 is 1.43. The molecular weight excluding hydrogens is 264 g/mol. The van der Waals surface area contributed by atoms with Crippen molar-refractivity contribution in [2.75, 3.05) is 31.1 Å². The van der Waals surface area contributed by atoms with Crippen LogP contribution in [0.3, 0.4) is 0 Å². The van der Waals surface area contributed by atoms with Gasteiger partial charge in [0, 0.05) is 44.1 Å². The summed E-state index contributed by atoms with van der Waals surface area (Å²) in [6.07, 6.45) is 1.50. The van der Waals surface area contributed by atoms with Gasteiger partial charge < -0.3 is 10.0 Å². The standard InChI is InChI=1S/C12H20N4O2S/c1-3-9(11(17)18)15-5-7-16(8-6-15)12-13-10(4-2)14-19-12/h9H,3-8H2,1-2H3,(H,17,18). The predicted molar refractivity (Wildman–Crippen MR) is 74.8 cm³/mol. The summed E-state index contributed by atoms with van der Waals surface area (Å²) in [6, 6.07) is -0.359. The van der Waals surface area contributed by atoms with Crippen molar-refractivity contribution in [2.24, 2.45) is 0 Å². The molecule has 1 atom stereocenters. The van der Waals surface area contributed by atoms with Crippen LogP contribution in [0.1, 0.15) is 26.1 Å². The number of carboxylic acid groups (broad SMARTS) is 1. The summed E-state index contributed by atoms with van der Waals surface area (Å²) in [7, 11) is 0. The van der Waals surface area contributed by atoms with Crippen LogP contribution in [0.5, 0.6) is 0 Å². The molecule has 0 amide bonds. The highest BCUT2D eigenvalue weighted by molar-refractivity contribution is 7.09. The lowest BCUT2D eigenvalue weighted by atomic mass is 10.1. The molecule has 0 spiro atoms. The van der Waals surface area contributed by atoms with Crippen molar-refractivity contribution >= 4 is 22.6 Å². The first kappa shape index (κ1) is 14.2. The van der Waals surface area contributed by atoms with E-state index in [4.69, 9.17) is 5.11 Å². The molecule has 1 saturated heterocycles. The Morgan fingerprint density at radius 2 is 2.05 bits per heavy atom. The monoisotopic (exact) mass is 284 g/mol. The van der Waals surface area contributed by atoms with Gasteiger partial charge in [-0.25, -0.2) is 4.98 Å². The van der Waals surface area contributed by atoms with Gasteiger partial charge in [-0.2, -0.15) is 4.37 Å². The summed E-state index contributed by atoms with van der Waals surface area (Å²) in [4.78, 5) is 19.9. The Kier molecular flexibility index (Phi) is 4.71. The zero-order chi connectivity index (χ0) is 13.8. The largest absolute Gasteiger partial charge is 0.480 e. The molecule has 106 valence electrons. The Hall–Kier alpha value is -1.21. The number of anilines is 1. The number of aryl methyl sites for hydroxylation is 1. The Labute approximate surface area is 117 Å². The minimum absolute atomic E-state index is 0.359. The summed E-state index contributed by atoms with van der Waals surface area (Å²) in [5, 5.41) is 10.1. The maximum atomic E-state index is 11.1. The smallest absolute Gasteiger partial charge is 0.320 e. The molecular formula is C12H20N4O2S. The molecule has 0 bridgehead atoms. The first-order valence-corrected chi connectivity index (χ1v) is 7.47. The SMILES string of the molecule is CCc1nsc(N2CCN(C(CC)C(=O)O)CC2)n1. The van der Waals surface area contributed by atoms with E-state index in [1.165, 1.54) is 11.5 Å². The third kappa shape index (κ3) is 3.22. The highest BCUT2D eigenvalue weighted by atomic mass is 32.1. The lowest BCUT2D eigenvalue weighted by molar-refractivity contribution is -0.143. The minimum Gasteiger partial charge on any atom is -0.480 e. The van der Waals surface area contributed by atoms with Crippen LogP contribution >= 0.6 is 11.5 Å². The molecule has 0 aliphatic carbocycles. The first-order valence-electron chi connectivity index (χ1n) is 6.70. The Bertz CT molecular complexity index is 429. The highest BCUT2D eigenvalue weighted by Gasteiger charge is 2.28. The molecule has 7 heteroatoms. The molecule has 1 aliphatic heterocycles. The van der Waals surface area contributed by atoms with Crippen LogP contribution in [0.15, 0.2) is 0 Å². The van der Waals surface area contributed by atoms with Crippen molar-refractivity contribution in [2.45, 2.75) is 32.7 Å². The second kappa shape index (κ2) is 6.29. The number of aliphatic carboxylic acids is 1. The highest BCUT2D eigenvalue weighted by Crippen LogP contribution is 2.20. The number of nitrogens with zero attached hydrogens (tertiary/aromatic N) is 4. The molecule has 1 aliphatic rings. The lowest BCUT2D eigenvalue weighted by Crippen LogP contribution is -2.52. The van der Waals surface area contributed by atoms with Gasteiger partial charge in [-0.05, 0) is 6.42 Å². The van der Waals surface area contributed by atoms with Crippen LogP contribution in [0, 0.1) is 0 Å². The normalized spacial score (nSPS) is 18.5. The van der Waals surface area contributed by atoms with Crippen LogP contribution in [-0.2, 0) is 11.2 Å². The van der Waals surface area contributed by atoms with E-state index in [0.29, 0.717) is 6.42 Å². The topological polar surface area (TPSA) is 69.6 Å². The van der Waals surface area contributed by atoms with Gasteiger partial charge in [0.2, 0.25) is 5.13 Å². The number of aromatic nitrogens is 2. The van der Waals surface area contributed by atoms with Gasteiger partial charge in [-0.1, -0.05) is 13.8 Å². The number of hydrogen-bond acceptors (Lipinski definition) is 6. The molecule has 6 nitrogen and oxygen atoms in total. The van der Waals surface area contributed by atoms with Gasteiger partial charge in [0.05, 0.1) is 0 Å². The molecule has 0 saturated carbocycles. The van der Waals surface area contributed by atoms with E-state index in [-0.39, 0.29) is 6.04 Å². The quantitative estimate of drug-likeness (QED) is 0.872. The second-order valence-corrected chi connectivity index (χ2v) is 5.36. The summed E-state index contributed by atoms with van der Waals surface area (Å²) < 4.78 is 4.29. The van der Waals surface area contributed by atoms with Crippen molar-refractivity contribution in [3.8, 4) is 0 Å². The van der Waals surface area contributed by atoms with E-state index in [1.54, 1.807) is 0 Å². The molecule has 2 rings (SSSR count). The predicted octanol–water partition coefficient (Wildman–Crippen LogP) is 1.09. The average molecular weight is 284 g/mol. The molecule has 1 fully saturated rings. The Balaban J connectivity index is 1.93. The van der Waals surface area contributed by atoms with E-state index in [0.717, 1.165) is 43.6 Å². The number of carboxylic acids is 1. The van der Waals surface area contributed by atoms with Gasteiger partial charge in [-0.15, -0.1) is 0 Å². The van der Waals surface area contributed by atoms with E-state index >= 15 is 0 Å². The lowest BCUT2D eigenvalue weighted by Gasteiger charge is -2.37. The first-order chi connectivity index (χ1) is 9.15. The third-order valence-corrected chi connectivity index (χ3v) is 4.29. The molecule has 0 aromatic carbocycles. The molecule has 1 aromatic heterocycles. The van der Waals surface area contributed by atoms with Crippen LogP contribution < -0.4 is 4.90 Å². The summed E-state index contributed by atoms with van der Waals surface area (Å²) in [5.41, 5.74) is 0. The number of rotatable bonds is 5. The van der Waals surface area contributed by atoms with Crippen molar-refractivity contribution in [3.05, 3.63) is 5.82 Å². The van der Waals surface area contributed by atoms with Crippen molar-refractivity contribution in [1.29, 1.82) is 0 Å². The number of carbonyl (C=O) groups is 1. The number of hydrogen-bond donors (Lipinski definition) is 1. The van der Waals surface area contributed by atoms with Crippen LogP contribution in [-0.4, -0.2) is 57.6 Å². The molecule has 1 unspecified atom stereocenters. The second-order valence-electron chi connectivity index (χ2n) is 4.63. The number of piperazine rings is 1. The fourth-order valence-corrected chi connectivity index (χ4v) is 3.13. The van der Waals surface area contributed by atoms with E-state index in [1.807, 2.05) is 18.7 Å². The van der Waals surface area contributed by atoms with Gasteiger partial charge in [0.1, 0.15) is 11.9 Å². The molecule has 0 radical (unpaired) electrons. The summed E-state index contributed by atoms with van der Waals surface area (Å²) in [5.74, 6) is 0.166. The zero-order valence-electron chi connectivity index (χ0n) is 11.4. The Morgan fingerprint density at radius 3 is 2.53 bits per heavy atom. The maximum Gasteiger partial charge on any atom is 0.320 e. The molecule has 1 N–H and O–H groups in total. The average Bonchev–Trinajstić information content (AvgIpc) is 2.89. The maximum absolute atomic E-state index is 11.1. The van der Waals surface area contributed by atoms with E-state index < -0.39 is 5.97 Å².